The van der Waals surface area contributed by atoms with Crippen molar-refractivity contribution in [3.05, 3.63) is 22.4 Å². The van der Waals surface area contributed by atoms with Gasteiger partial charge in [0.05, 0.1) is 10.2 Å². The van der Waals surface area contributed by atoms with E-state index in [1.807, 2.05) is 0 Å². The first-order valence-corrected chi connectivity index (χ1v) is 5.49. The van der Waals surface area contributed by atoms with Gasteiger partial charge in [-0.25, -0.2) is 8.78 Å². The summed E-state index contributed by atoms with van der Waals surface area (Å²) in [5.41, 5.74) is 0.436. The molecule has 0 aliphatic carbocycles. The van der Waals surface area contributed by atoms with E-state index in [0.29, 0.717) is 5.69 Å². The van der Waals surface area contributed by atoms with Crippen molar-refractivity contribution in [1.29, 1.82) is 0 Å². The van der Waals surface area contributed by atoms with Crippen LogP contribution in [0.15, 0.2) is 16.6 Å². The Labute approximate surface area is 99.3 Å². The Kier molecular flexibility index (Phi) is 2.84. The summed E-state index contributed by atoms with van der Waals surface area (Å²) in [6, 6.07) is 2.10. The number of benzene rings is 1. The van der Waals surface area contributed by atoms with Crippen LogP contribution in [0.2, 0.25) is 0 Å². The van der Waals surface area contributed by atoms with Crippen molar-refractivity contribution in [2.75, 3.05) is 10.6 Å². The van der Waals surface area contributed by atoms with E-state index in [-0.39, 0.29) is 10.2 Å². The lowest BCUT2D eigenvalue weighted by molar-refractivity contribution is -0.118. The summed E-state index contributed by atoms with van der Waals surface area (Å²) < 4.78 is 26.9. The first kappa shape index (κ1) is 11.3. The number of fused-ring (bicyclic) bond motifs is 1. The molecule has 1 amide bonds. The predicted molar refractivity (Wildman–Crippen MR) is 60.7 cm³/mol. The normalized spacial score (nSPS) is 20.8. The molecule has 2 rings (SSSR count). The van der Waals surface area contributed by atoms with E-state index in [2.05, 4.69) is 26.6 Å². The zero-order valence-electron chi connectivity index (χ0n) is 8.35. The van der Waals surface area contributed by atoms with Crippen molar-refractivity contribution in [3.8, 4) is 0 Å². The summed E-state index contributed by atoms with van der Waals surface area (Å²) in [5, 5.41) is 5.02. The topological polar surface area (TPSA) is 41.1 Å². The van der Waals surface area contributed by atoms with Crippen molar-refractivity contribution in [2.24, 2.45) is 0 Å². The molecular weight excluding hydrogens is 282 g/mol. The van der Waals surface area contributed by atoms with Gasteiger partial charge < -0.3 is 10.6 Å². The van der Waals surface area contributed by atoms with Gasteiger partial charge in [-0.3, -0.25) is 4.79 Å². The summed E-state index contributed by atoms with van der Waals surface area (Å²) >= 11 is 3.01. The summed E-state index contributed by atoms with van der Waals surface area (Å²) in [5.74, 6) is -1.14. The van der Waals surface area contributed by atoms with Crippen LogP contribution >= 0.6 is 15.9 Å². The van der Waals surface area contributed by atoms with Gasteiger partial charge in [0, 0.05) is 0 Å². The molecule has 0 saturated heterocycles. The molecule has 1 heterocycles. The molecule has 16 heavy (non-hydrogen) atoms. The average Bonchev–Trinajstić information content (AvgIpc) is 2.23. The Morgan fingerprint density at radius 3 is 2.81 bits per heavy atom. The molecule has 1 aliphatic rings. The van der Waals surface area contributed by atoms with E-state index in [9.17, 15) is 13.6 Å². The number of rotatable bonds is 1. The molecule has 0 fully saturated rings. The second-order valence-electron chi connectivity index (χ2n) is 3.57. The number of halogens is 3. The quantitative estimate of drug-likeness (QED) is 0.835. The van der Waals surface area contributed by atoms with Crippen LogP contribution in [0.1, 0.15) is 6.92 Å². The summed E-state index contributed by atoms with van der Waals surface area (Å²) in [4.78, 5) is 11.5. The highest BCUT2D eigenvalue weighted by atomic mass is 79.9. The van der Waals surface area contributed by atoms with E-state index in [0.717, 1.165) is 0 Å². The molecule has 2 N–H and O–H groups in total. The summed E-state index contributed by atoms with van der Waals surface area (Å²) in [6.07, 6.45) is -1.35. The molecule has 86 valence electrons. The Morgan fingerprint density at radius 1 is 1.50 bits per heavy atom. The van der Waals surface area contributed by atoms with Gasteiger partial charge in [-0.1, -0.05) is 0 Å². The summed E-state index contributed by atoms with van der Waals surface area (Å²) in [6.45, 7) is 1.28. The highest BCUT2D eigenvalue weighted by Gasteiger charge is 2.31. The van der Waals surface area contributed by atoms with Gasteiger partial charge in [0.25, 0.3) is 0 Å². The monoisotopic (exact) mass is 290 g/mol. The molecule has 2 atom stereocenters. The molecule has 3 nitrogen and oxygen atoms in total. The Balaban J connectivity index is 2.42. The molecule has 0 bridgehead atoms. The molecule has 1 aromatic carbocycles. The SMILES string of the molecule is CC(F)C1Nc2ccc(Br)c(F)c2NC1=O. The van der Waals surface area contributed by atoms with E-state index >= 15 is 0 Å². The van der Waals surface area contributed by atoms with Gasteiger partial charge >= 0.3 is 0 Å². The van der Waals surface area contributed by atoms with E-state index < -0.39 is 23.9 Å². The van der Waals surface area contributed by atoms with Crippen LogP contribution in [-0.2, 0) is 4.79 Å². The predicted octanol–water partition coefficient (Wildman–Crippen LogP) is 2.68. The molecule has 0 spiro atoms. The smallest absolute Gasteiger partial charge is 0.250 e. The Morgan fingerprint density at radius 2 is 2.19 bits per heavy atom. The number of nitrogens with one attached hydrogen (secondary N) is 2. The van der Waals surface area contributed by atoms with Crippen LogP contribution in [0.3, 0.4) is 0 Å². The molecule has 0 radical (unpaired) electrons. The standard InChI is InChI=1S/C10H9BrF2N2O/c1-4(12)8-10(16)15-9-6(14-8)3-2-5(11)7(9)13/h2-4,8,14H,1H3,(H,15,16). The fourth-order valence-electron chi connectivity index (χ4n) is 1.55. The van der Waals surface area contributed by atoms with Crippen molar-refractivity contribution < 1.29 is 13.6 Å². The molecule has 6 heteroatoms. The second kappa shape index (κ2) is 4.01. The van der Waals surface area contributed by atoms with Gasteiger partial charge in [-0.15, -0.1) is 0 Å². The minimum absolute atomic E-state index is 0.0521. The lowest BCUT2D eigenvalue weighted by Crippen LogP contribution is -2.44. The third-order valence-electron chi connectivity index (χ3n) is 2.40. The highest BCUT2D eigenvalue weighted by Crippen LogP contribution is 2.34. The van der Waals surface area contributed by atoms with E-state index in [1.165, 1.54) is 13.0 Å². The minimum Gasteiger partial charge on any atom is -0.370 e. The van der Waals surface area contributed by atoms with Gasteiger partial charge in [0.1, 0.15) is 17.9 Å². The van der Waals surface area contributed by atoms with Crippen molar-refractivity contribution >= 4 is 33.2 Å². The van der Waals surface area contributed by atoms with Crippen LogP contribution in [0.25, 0.3) is 0 Å². The number of amides is 1. The summed E-state index contributed by atoms with van der Waals surface area (Å²) in [7, 11) is 0. The highest BCUT2D eigenvalue weighted by molar-refractivity contribution is 9.10. The van der Waals surface area contributed by atoms with E-state index in [4.69, 9.17) is 0 Å². The molecule has 1 aliphatic heterocycles. The molecule has 0 saturated carbocycles. The van der Waals surface area contributed by atoms with Crippen LogP contribution in [0.5, 0.6) is 0 Å². The zero-order chi connectivity index (χ0) is 11.9. The number of hydrogen-bond donors (Lipinski definition) is 2. The second-order valence-corrected chi connectivity index (χ2v) is 4.43. The third kappa shape index (κ3) is 1.77. The molecule has 1 aromatic rings. The van der Waals surface area contributed by atoms with E-state index in [1.54, 1.807) is 6.07 Å². The minimum atomic E-state index is -1.35. The lowest BCUT2D eigenvalue weighted by atomic mass is 10.1. The third-order valence-corrected chi connectivity index (χ3v) is 3.01. The zero-order valence-corrected chi connectivity index (χ0v) is 9.94. The van der Waals surface area contributed by atoms with Gasteiger partial charge in [-0.05, 0) is 35.0 Å². The lowest BCUT2D eigenvalue weighted by Gasteiger charge is -2.28. The van der Waals surface area contributed by atoms with Crippen molar-refractivity contribution in [1.82, 2.24) is 0 Å². The fraction of sp³-hybridized carbons (Fsp3) is 0.300. The Hall–Kier alpha value is -1.17. The average molecular weight is 291 g/mol. The maximum Gasteiger partial charge on any atom is 0.250 e. The number of carbonyl (C=O) groups is 1. The van der Waals surface area contributed by atoms with Gasteiger partial charge in [0.15, 0.2) is 5.82 Å². The fourth-order valence-corrected chi connectivity index (χ4v) is 1.88. The first-order valence-electron chi connectivity index (χ1n) is 4.70. The van der Waals surface area contributed by atoms with Crippen LogP contribution in [0.4, 0.5) is 20.2 Å². The number of anilines is 2. The van der Waals surface area contributed by atoms with Crippen LogP contribution in [-0.4, -0.2) is 18.1 Å². The first-order chi connectivity index (χ1) is 7.50. The van der Waals surface area contributed by atoms with Crippen molar-refractivity contribution in [2.45, 2.75) is 19.1 Å². The number of hydrogen-bond acceptors (Lipinski definition) is 2. The van der Waals surface area contributed by atoms with Gasteiger partial charge in [-0.2, -0.15) is 0 Å². The molecular formula is C10H9BrF2N2O. The number of carbonyl (C=O) groups excluding carboxylic acids is 1. The number of alkyl halides is 1. The largest absolute Gasteiger partial charge is 0.370 e. The molecule has 2 unspecified atom stereocenters. The van der Waals surface area contributed by atoms with Crippen LogP contribution in [0, 0.1) is 5.82 Å². The Bertz CT molecular complexity index is 451. The van der Waals surface area contributed by atoms with Gasteiger partial charge in [0.2, 0.25) is 5.91 Å². The van der Waals surface area contributed by atoms with Crippen molar-refractivity contribution in [3.63, 3.8) is 0 Å². The molecule has 0 aromatic heterocycles. The maximum atomic E-state index is 13.6. The maximum absolute atomic E-state index is 13.6. The van der Waals surface area contributed by atoms with Crippen LogP contribution < -0.4 is 10.6 Å².